The molecule has 1 aliphatic rings. The first-order chi connectivity index (χ1) is 9.10. The summed E-state index contributed by atoms with van der Waals surface area (Å²) in [5.41, 5.74) is 7.29. The minimum absolute atomic E-state index is 0.0216. The summed E-state index contributed by atoms with van der Waals surface area (Å²) in [6, 6.07) is 5.47. The molecular weight excluding hydrogens is 244 g/mol. The van der Waals surface area contributed by atoms with Crippen molar-refractivity contribution < 1.29 is 14.3 Å². The third kappa shape index (κ3) is 3.30. The van der Waals surface area contributed by atoms with E-state index in [2.05, 4.69) is 0 Å². The number of ether oxygens (including phenoxy) is 2. The molecule has 104 valence electrons. The van der Waals surface area contributed by atoms with E-state index in [9.17, 15) is 4.79 Å². The molecule has 1 unspecified atom stereocenters. The molecule has 2 rings (SSSR count). The van der Waals surface area contributed by atoms with Gasteiger partial charge in [0.2, 0.25) is 0 Å². The Morgan fingerprint density at radius 3 is 3.11 bits per heavy atom. The Bertz CT molecular complexity index is 462. The number of rotatable bonds is 4. The summed E-state index contributed by atoms with van der Waals surface area (Å²) in [4.78, 5) is 13.7. The molecule has 1 aromatic carbocycles. The van der Waals surface area contributed by atoms with E-state index < -0.39 is 0 Å². The van der Waals surface area contributed by atoms with Crippen molar-refractivity contribution in [2.45, 2.75) is 26.4 Å². The van der Waals surface area contributed by atoms with Gasteiger partial charge in [0.25, 0.3) is 0 Å². The van der Waals surface area contributed by atoms with Crippen molar-refractivity contribution in [2.24, 2.45) is 0 Å². The van der Waals surface area contributed by atoms with E-state index in [1.54, 1.807) is 6.07 Å². The number of anilines is 2. The van der Waals surface area contributed by atoms with Crippen LogP contribution in [0.2, 0.25) is 0 Å². The molecule has 0 aromatic heterocycles. The molecule has 1 aromatic rings. The third-order valence-electron chi connectivity index (χ3n) is 2.92. The van der Waals surface area contributed by atoms with Gasteiger partial charge in [0.05, 0.1) is 18.8 Å². The molecule has 19 heavy (non-hydrogen) atoms. The fourth-order valence-corrected chi connectivity index (χ4v) is 2.12. The Hall–Kier alpha value is -1.91. The number of esters is 1. The first-order valence-electron chi connectivity index (χ1n) is 6.57. The molecule has 0 radical (unpaired) electrons. The first-order valence-corrected chi connectivity index (χ1v) is 6.57. The molecule has 0 aliphatic carbocycles. The molecule has 1 aliphatic heterocycles. The van der Waals surface area contributed by atoms with Crippen LogP contribution in [0.3, 0.4) is 0 Å². The van der Waals surface area contributed by atoms with E-state index in [0.29, 0.717) is 18.8 Å². The fourth-order valence-electron chi connectivity index (χ4n) is 2.12. The Morgan fingerprint density at radius 1 is 1.58 bits per heavy atom. The van der Waals surface area contributed by atoms with Crippen molar-refractivity contribution in [3.05, 3.63) is 18.2 Å². The second-order valence-corrected chi connectivity index (χ2v) is 4.76. The number of hydrogen-bond acceptors (Lipinski definition) is 5. The van der Waals surface area contributed by atoms with Crippen LogP contribution in [-0.4, -0.2) is 31.8 Å². The highest BCUT2D eigenvalue weighted by Gasteiger charge is 2.25. The molecule has 1 heterocycles. The van der Waals surface area contributed by atoms with E-state index in [-0.39, 0.29) is 18.6 Å². The average Bonchev–Trinajstić information content (AvgIpc) is 2.35. The normalized spacial score (nSPS) is 17.6. The zero-order valence-electron chi connectivity index (χ0n) is 11.4. The molecule has 0 bridgehead atoms. The summed E-state index contributed by atoms with van der Waals surface area (Å²) >= 11 is 0. The summed E-state index contributed by atoms with van der Waals surface area (Å²) in [6.45, 7) is 5.31. The average molecular weight is 264 g/mol. The van der Waals surface area contributed by atoms with Crippen molar-refractivity contribution in [3.8, 4) is 5.75 Å². The zero-order valence-corrected chi connectivity index (χ0v) is 11.4. The van der Waals surface area contributed by atoms with Gasteiger partial charge in [-0.25, -0.2) is 0 Å². The van der Waals surface area contributed by atoms with Gasteiger partial charge in [-0.05, 0) is 25.5 Å². The lowest BCUT2D eigenvalue weighted by molar-refractivity contribution is -0.142. The molecule has 1 atom stereocenters. The van der Waals surface area contributed by atoms with Gasteiger partial charge >= 0.3 is 5.97 Å². The van der Waals surface area contributed by atoms with Gasteiger partial charge in [-0.2, -0.15) is 0 Å². The molecule has 0 fully saturated rings. The molecule has 5 nitrogen and oxygen atoms in total. The zero-order chi connectivity index (χ0) is 13.8. The largest absolute Gasteiger partial charge is 0.487 e. The second kappa shape index (κ2) is 5.82. The van der Waals surface area contributed by atoms with Gasteiger partial charge in [-0.15, -0.1) is 0 Å². The number of benzene rings is 1. The summed E-state index contributed by atoms with van der Waals surface area (Å²) < 4.78 is 10.9. The van der Waals surface area contributed by atoms with E-state index in [1.165, 1.54) is 0 Å². The number of hydrogen-bond donors (Lipinski definition) is 1. The van der Waals surface area contributed by atoms with E-state index in [0.717, 1.165) is 17.9 Å². The van der Waals surface area contributed by atoms with Crippen molar-refractivity contribution in [2.75, 3.05) is 30.3 Å². The van der Waals surface area contributed by atoms with Crippen molar-refractivity contribution in [3.63, 3.8) is 0 Å². The van der Waals surface area contributed by atoms with Gasteiger partial charge in [-0.3, -0.25) is 4.79 Å². The van der Waals surface area contributed by atoms with Crippen LogP contribution in [0.5, 0.6) is 5.75 Å². The quantitative estimate of drug-likeness (QED) is 0.663. The van der Waals surface area contributed by atoms with Crippen molar-refractivity contribution >= 4 is 17.3 Å². The number of carbonyl (C=O) groups is 1. The Balaban J connectivity index is 2.12. The number of nitrogens with zero attached hydrogens (tertiary/aromatic N) is 1. The van der Waals surface area contributed by atoms with Crippen LogP contribution in [0, 0.1) is 0 Å². The van der Waals surface area contributed by atoms with Crippen LogP contribution in [0.1, 0.15) is 20.3 Å². The Labute approximate surface area is 113 Å². The van der Waals surface area contributed by atoms with E-state index in [1.807, 2.05) is 30.9 Å². The number of fused-ring (bicyclic) bond motifs is 1. The van der Waals surface area contributed by atoms with Crippen LogP contribution in [-0.2, 0) is 9.53 Å². The minimum atomic E-state index is -0.210. The van der Waals surface area contributed by atoms with Gasteiger partial charge in [-0.1, -0.05) is 6.92 Å². The smallest absolute Gasteiger partial charge is 0.325 e. The molecule has 0 spiro atoms. The highest BCUT2D eigenvalue weighted by atomic mass is 16.5. The summed E-state index contributed by atoms with van der Waals surface area (Å²) in [5.74, 6) is 0.515. The highest BCUT2D eigenvalue weighted by Crippen LogP contribution is 2.34. The van der Waals surface area contributed by atoms with Crippen LogP contribution >= 0.6 is 0 Å². The minimum Gasteiger partial charge on any atom is -0.487 e. The summed E-state index contributed by atoms with van der Waals surface area (Å²) in [5, 5.41) is 0. The Morgan fingerprint density at radius 2 is 2.37 bits per heavy atom. The standard InChI is InChI=1S/C14H20N2O3/c1-3-6-18-14(17)9-16-8-10(2)19-13-7-11(15)4-5-12(13)16/h4-5,7,10H,3,6,8-9,15H2,1-2H3. The highest BCUT2D eigenvalue weighted by molar-refractivity contribution is 5.78. The van der Waals surface area contributed by atoms with Gasteiger partial charge in [0.1, 0.15) is 18.4 Å². The molecule has 0 amide bonds. The monoisotopic (exact) mass is 264 g/mol. The maximum Gasteiger partial charge on any atom is 0.325 e. The Kier molecular flexibility index (Phi) is 4.14. The molecule has 5 heteroatoms. The van der Waals surface area contributed by atoms with Crippen LogP contribution in [0.4, 0.5) is 11.4 Å². The van der Waals surface area contributed by atoms with Crippen LogP contribution in [0.15, 0.2) is 18.2 Å². The summed E-state index contributed by atoms with van der Waals surface area (Å²) in [6.07, 6.45) is 0.853. The topological polar surface area (TPSA) is 64.8 Å². The lowest BCUT2D eigenvalue weighted by Crippen LogP contribution is -2.41. The number of nitrogen functional groups attached to an aromatic ring is 1. The van der Waals surface area contributed by atoms with Crippen LogP contribution < -0.4 is 15.4 Å². The predicted octanol–water partition coefficient (Wildman–Crippen LogP) is 1.81. The van der Waals surface area contributed by atoms with Gasteiger partial charge in [0, 0.05) is 11.8 Å². The van der Waals surface area contributed by atoms with Crippen molar-refractivity contribution in [1.82, 2.24) is 0 Å². The lowest BCUT2D eigenvalue weighted by atomic mass is 10.2. The third-order valence-corrected chi connectivity index (χ3v) is 2.92. The fraction of sp³-hybridized carbons (Fsp3) is 0.500. The van der Waals surface area contributed by atoms with Gasteiger partial charge in [0.15, 0.2) is 0 Å². The van der Waals surface area contributed by atoms with Crippen molar-refractivity contribution in [1.29, 1.82) is 0 Å². The van der Waals surface area contributed by atoms with Crippen LogP contribution in [0.25, 0.3) is 0 Å². The van der Waals surface area contributed by atoms with Gasteiger partial charge < -0.3 is 20.1 Å². The molecule has 0 saturated heterocycles. The maximum atomic E-state index is 11.7. The lowest BCUT2D eigenvalue weighted by Gasteiger charge is -2.34. The SMILES string of the molecule is CCCOC(=O)CN1CC(C)Oc2cc(N)ccc21. The number of nitrogens with two attached hydrogens (primary N) is 1. The van der Waals surface area contributed by atoms with E-state index >= 15 is 0 Å². The summed E-state index contributed by atoms with van der Waals surface area (Å²) in [7, 11) is 0. The maximum absolute atomic E-state index is 11.7. The second-order valence-electron chi connectivity index (χ2n) is 4.76. The predicted molar refractivity (Wildman–Crippen MR) is 74.4 cm³/mol. The molecule has 2 N–H and O–H groups in total. The molecular formula is C14H20N2O3. The van der Waals surface area contributed by atoms with E-state index in [4.69, 9.17) is 15.2 Å². The first kappa shape index (κ1) is 13.5. The molecule has 0 saturated carbocycles. The number of carbonyl (C=O) groups excluding carboxylic acids is 1.